The van der Waals surface area contributed by atoms with Crippen LogP contribution in [0, 0.1) is 5.92 Å². The van der Waals surface area contributed by atoms with Crippen LogP contribution in [-0.4, -0.2) is 11.9 Å². The maximum absolute atomic E-state index is 12.0. The summed E-state index contributed by atoms with van der Waals surface area (Å²) in [4.78, 5) is 12.0. The lowest BCUT2D eigenvalue weighted by Crippen LogP contribution is -2.36. The summed E-state index contributed by atoms with van der Waals surface area (Å²) in [6.07, 6.45) is 1.04. The van der Waals surface area contributed by atoms with Crippen molar-refractivity contribution in [2.75, 3.05) is 0 Å². The SMILES string of the molecule is CCC(C)C(C)NC(=O)c1ccc(Br)c(Cl)c1. The molecule has 1 rings (SSSR count). The van der Waals surface area contributed by atoms with Crippen LogP contribution in [0.25, 0.3) is 0 Å². The molecule has 2 nitrogen and oxygen atoms in total. The number of hydrogen-bond acceptors (Lipinski definition) is 1. The Labute approximate surface area is 116 Å². The van der Waals surface area contributed by atoms with Gasteiger partial charge in [0.1, 0.15) is 0 Å². The van der Waals surface area contributed by atoms with Crippen molar-refractivity contribution >= 4 is 33.4 Å². The quantitative estimate of drug-likeness (QED) is 0.882. The molecule has 0 aliphatic heterocycles. The first-order chi connectivity index (χ1) is 7.95. The van der Waals surface area contributed by atoms with Crippen molar-refractivity contribution < 1.29 is 4.79 Å². The summed E-state index contributed by atoms with van der Waals surface area (Å²) in [5, 5.41) is 3.53. The Bertz CT molecular complexity index is 408. The second-order valence-electron chi connectivity index (χ2n) is 4.28. The average Bonchev–Trinajstić information content (AvgIpc) is 2.31. The summed E-state index contributed by atoms with van der Waals surface area (Å²) >= 11 is 9.26. The topological polar surface area (TPSA) is 29.1 Å². The molecule has 94 valence electrons. The maximum Gasteiger partial charge on any atom is 0.251 e. The molecule has 4 heteroatoms. The molecule has 2 atom stereocenters. The third-order valence-corrected chi connectivity index (χ3v) is 4.27. The summed E-state index contributed by atoms with van der Waals surface area (Å²) in [6.45, 7) is 6.26. The zero-order valence-corrected chi connectivity index (χ0v) is 12.6. The summed E-state index contributed by atoms with van der Waals surface area (Å²) < 4.78 is 0.797. The second-order valence-corrected chi connectivity index (χ2v) is 5.54. The Morgan fingerprint density at radius 1 is 1.47 bits per heavy atom. The number of rotatable bonds is 4. The van der Waals surface area contributed by atoms with Crippen molar-refractivity contribution in [2.24, 2.45) is 5.92 Å². The zero-order valence-electron chi connectivity index (χ0n) is 10.3. The van der Waals surface area contributed by atoms with Crippen LogP contribution >= 0.6 is 27.5 Å². The standard InChI is InChI=1S/C13H17BrClNO/c1-4-8(2)9(3)16-13(17)10-5-6-11(14)12(15)7-10/h5-9H,4H2,1-3H3,(H,16,17). The Morgan fingerprint density at radius 2 is 2.12 bits per heavy atom. The normalized spacial score (nSPS) is 14.2. The molecule has 0 heterocycles. The molecule has 1 amide bonds. The molecule has 0 saturated heterocycles. The highest BCUT2D eigenvalue weighted by atomic mass is 79.9. The molecule has 0 saturated carbocycles. The highest BCUT2D eigenvalue weighted by Crippen LogP contribution is 2.23. The predicted molar refractivity (Wildman–Crippen MR) is 75.5 cm³/mol. The molecule has 1 aromatic carbocycles. The van der Waals surface area contributed by atoms with Gasteiger partial charge in [0.05, 0.1) is 5.02 Å². The van der Waals surface area contributed by atoms with Gasteiger partial charge in [0.15, 0.2) is 0 Å². The lowest BCUT2D eigenvalue weighted by Gasteiger charge is -2.19. The average molecular weight is 319 g/mol. The van der Waals surface area contributed by atoms with Gasteiger partial charge < -0.3 is 5.32 Å². The Balaban J connectivity index is 2.73. The van der Waals surface area contributed by atoms with Gasteiger partial charge >= 0.3 is 0 Å². The van der Waals surface area contributed by atoms with E-state index in [1.54, 1.807) is 18.2 Å². The van der Waals surface area contributed by atoms with E-state index in [1.165, 1.54) is 0 Å². The molecule has 0 fully saturated rings. The maximum atomic E-state index is 12.0. The first-order valence-electron chi connectivity index (χ1n) is 5.71. The van der Waals surface area contributed by atoms with Crippen LogP contribution in [0.2, 0.25) is 5.02 Å². The number of nitrogens with one attached hydrogen (secondary N) is 1. The van der Waals surface area contributed by atoms with Crippen LogP contribution < -0.4 is 5.32 Å². The molecule has 0 aromatic heterocycles. The van der Waals surface area contributed by atoms with Gasteiger partial charge in [-0.3, -0.25) is 4.79 Å². The minimum Gasteiger partial charge on any atom is -0.349 e. The van der Waals surface area contributed by atoms with E-state index in [0.29, 0.717) is 16.5 Å². The molecule has 0 aliphatic rings. The fourth-order valence-corrected chi connectivity index (χ4v) is 1.85. The number of carbonyl (C=O) groups is 1. The van der Waals surface area contributed by atoms with E-state index in [1.807, 2.05) is 6.92 Å². The molecule has 0 spiro atoms. The third-order valence-electron chi connectivity index (χ3n) is 3.04. The molecule has 0 bridgehead atoms. The molecular formula is C13H17BrClNO. The number of hydrogen-bond donors (Lipinski definition) is 1. The van der Waals surface area contributed by atoms with Crippen LogP contribution in [0.15, 0.2) is 22.7 Å². The highest BCUT2D eigenvalue weighted by Gasteiger charge is 2.14. The van der Waals surface area contributed by atoms with Gasteiger partial charge in [0, 0.05) is 16.1 Å². The van der Waals surface area contributed by atoms with Crippen LogP contribution in [0.3, 0.4) is 0 Å². The van der Waals surface area contributed by atoms with Gasteiger partial charge in [-0.25, -0.2) is 0 Å². The van der Waals surface area contributed by atoms with Gasteiger partial charge in [0.2, 0.25) is 0 Å². The van der Waals surface area contributed by atoms with Crippen molar-refractivity contribution in [3.63, 3.8) is 0 Å². The minimum absolute atomic E-state index is 0.0767. The van der Waals surface area contributed by atoms with Gasteiger partial charge in [-0.05, 0) is 47.0 Å². The van der Waals surface area contributed by atoms with E-state index >= 15 is 0 Å². The molecule has 0 aliphatic carbocycles. The monoisotopic (exact) mass is 317 g/mol. The van der Waals surface area contributed by atoms with Crippen LogP contribution in [0.5, 0.6) is 0 Å². The lowest BCUT2D eigenvalue weighted by atomic mass is 10.0. The zero-order chi connectivity index (χ0) is 13.0. The van der Waals surface area contributed by atoms with Crippen LogP contribution in [0.4, 0.5) is 0 Å². The first-order valence-corrected chi connectivity index (χ1v) is 6.88. The highest BCUT2D eigenvalue weighted by molar-refractivity contribution is 9.10. The summed E-state index contributed by atoms with van der Waals surface area (Å²) in [7, 11) is 0. The molecule has 1 N–H and O–H groups in total. The van der Waals surface area contributed by atoms with E-state index in [9.17, 15) is 4.79 Å². The number of benzene rings is 1. The summed E-state index contributed by atoms with van der Waals surface area (Å²) in [6, 6.07) is 5.37. The third kappa shape index (κ3) is 4.00. The molecular weight excluding hydrogens is 302 g/mol. The van der Waals surface area contributed by atoms with E-state index in [2.05, 4.69) is 35.1 Å². The van der Waals surface area contributed by atoms with E-state index in [0.717, 1.165) is 10.9 Å². The summed E-state index contributed by atoms with van der Waals surface area (Å²) in [5.41, 5.74) is 0.591. The van der Waals surface area contributed by atoms with Crippen molar-refractivity contribution in [2.45, 2.75) is 33.2 Å². The second kappa shape index (κ2) is 6.41. The predicted octanol–water partition coefficient (Wildman–Crippen LogP) is 4.27. The van der Waals surface area contributed by atoms with E-state index in [-0.39, 0.29) is 11.9 Å². The van der Waals surface area contributed by atoms with Crippen LogP contribution in [-0.2, 0) is 0 Å². The fraction of sp³-hybridized carbons (Fsp3) is 0.462. The number of carbonyl (C=O) groups excluding carboxylic acids is 1. The molecule has 1 aromatic rings. The van der Waals surface area contributed by atoms with Crippen molar-refractivity contribution in [3.8, 4) is 0 Å². The Morgan fingerprint density at radius 3 is 2.65 bits per heavy atom. The smallest absolute Gasteiger partial charge is 0.251 e. The first kappa shape index (κ1) is 14.5. The Hall–Kier alpha value is -0.540. The summed E-state index contributed by atoms with van der Waals surface area (Å²) in [5.74, 6) is 0.386. The fourth-order valence-electron chi connectivity index (χ4n) is 1.42. The minimum atomic E-state index is -0.0767. The van der Waals surface area contributed by atoms with Crippen molar-refractivity contribution in [1.82, 2.24) is 5.32 Å². The van der Waals surface area contributed by atoms with Crippen molar-refractivity contribution in [1.29, 1.82) is 0 Å². The van der Waals surface area contributed by atoms with Gasteiger partial charge in [-0.2, -0.15) is 0 Å². The van der Waals surface area contributed by atoms with Crippen LogP contribution in [0.1, 0.15) is 37.6 Å². The Kier molecular flexibility index (Phi) is 5.47. The van der Waals surface area contributed by atoms with Gasteiger partial charge in [0.25, 0.3) is 5.91 Å². The number of halogens is 2. The van der Waals surface area contributed by atoms with Gasteiger partial charge in [-0.15, -0.1) is 0 Å². The van der Waals surface area contributed by atoms with E-state index < -0.39 is 0 Å². The molecule has 0 radical (unpaired) electrons. The lowest BCUT2D eigenvalue weighted by molar-refractivity contribution is 0.0928. The molecule has 17 heavy (non-hydrogen) atoms. The number of amides is 1. The van der Waals surface area contributed by atoms with Crippen molar-refractivity contribution in [3.05, 3.63) is 33.3 Å². The van der Waals surface area contributed by atoms with Gasteiger partial charge in [-0.1, -0.05) is 31.9 Å². The molecule has 2 unspecified atom stereocenters. The largest absolute Gasteiger partial charge is 0.349 e. The van der Waals surface area contributed by atoms with E-state index in [4.69, 9.17) is 11.6 Å².